The van der Waals surface area contributed by atoms with Crippen LogP contribution in [0.5, 0.6) is 5.75 Å². The minimum absolute atomic E-state index is 0.195. The van der Waals surface area contributed by atoms with Crippen LogP contribution in [0.1, 0.15) is 70.3 Å². The highest BCUT2D eigenvalue weighted by Gasteiger charge is 2.44. The Morgan fingerprint density at radius 3 is 2.04 bits per heavy atom. The zero-order chi connectivity index (χ0) is 19.3. The Morgan fingerprint density at radius 1 is 1.00 bits per heavy atom. The van der Waals surface area contributed by atoms with Gasteiger partial charge in [0.05, 0.1) is 24.2 Å². The lowest BCUT2D eigenvalue weighted by Gasteiger charge is -2.36. The molecule has 0 heterocycles. The van der Waals surface area contributed by atoms with Gasteiger partial charge in [0.15, 0.2) is 17.4 Å². The monoisotopic (exact) mass is 371 g/mol. The highest BCUT2D eigenvalue weighted by atomic mass is 19.2. The molecule has 2 nitrogen and oxygen atoms in total. The third-order valence-electron chi connectivity index (χ3n) is 5.54. The molecule has 1 aromatic carbocycles. The van der Waals surface area contributed by atoms with Gasteiger partial charge in [-0.15, -0.1) is 0 Å². The third-order valence-corrected chi connectivity index (χ3v) is 5.54. The van der Waals surface area contributed by atoms with Gasteiger partial charge in [-0.1, -0.05) is 39.0 Å². The number of unbranched alkanes of at least 4 members (excludes halogenated alkanes) is 3. The number of hydrogen-bond donors (Lipinski definition) is 0. The van der Waals surface area contributed by atoms with Gasteiger partial charge in [0, 0.05) is 0 Å². The molecule has 26 heavy (non-hydrogen) atoms. The third kappa shape index (κ3) is 3.82. The van der Waals surface area contributed by atoms with Crippen molar-refractivity contribution >= 4 is 0 Å². The van der Waals surface area contributed by atoms with Crippen LogP contribution in [-0.2, 0) is 5.41 Å². The Bertz CT molecular complexity index is 646. The summed E-state index contributed by atoms with van der Waals surface area (Å²) in [6.07, 6.45) is 7.20. The van der Waals surface area contributed by atoms with Crippen LogP contribution in [0.3, 0.4) is 0 Å². The molecule has 0 unspecified atom stereocenters. The van der Waals surface area contributed by atoms with E-state index >= 15 is 0 Å². The SMILES string of the molecule is CCCCCCC1CCC(C#N)(c2c(F)c(F)c(OC)c(F)c2F)CC1. The first-order chi connectivity index (χ1) is 12.4. The predicted molar refractivity (Wildman–Crippen MR) is 90.8 cm³/mol. The summed E-state index contributed by atoms with van der Waals surface area (Å²) in [6.45, 7) is 2.14. The van der Waals surface area contributed by atoms with Crippen LogP contribution in [0.15, 0.2) is 0 Å². The maximum Gasteiger partial charge on any atom is 0.204 e. The fraction of sp³-hybridized carbons (Fsp3) is 0.650. The van der Waals surface area contributed by atoms with E-state index in [1.807, 2.05) is 6.07 Å². The topological polar surface area (TPSA) is 33.0 Å². The summed E-state index contributed by atoms with van der Waals surface area (Å²) in [5.41, 5.74) is -2.33. The molecule has 1 aliphatic rings. The molecule has 6 heteroatoms. The average molecular weight is 371 g/mol. The number of rotatable bonds is 7. The highest BCUT2D eigenvalue weighted by Crippen LogP contribution is 2.46. The number of halogens is 4. The Hall–Kier alpha value is -1.77. The molecule has 0 amide bonds. The summed E-state index contributed by atoms with van der Waals surface area (Å²) in [5.74, 6) is -6.93. The van der Waals surface area contributed by atoms with Gasteiger partial charge in [-0.05, 0) is 31.6 Å². The van der Waals surface area contributed by atoms with E-state index in [2.05, 4.69) is 11.7 Å². The standard InChI is InChI=1S/C20H25F4NO/c1-3-4-5-6-7-13-8-10-20(12-25,11-9-13)14-15(21)17(23)19(26-2)18(24)16(14)22/h13H,3-11H2,1-2H3. The Kier molecular flexibility index (Phi) is 6.91. The van der Waals surface area contributed by atoms with E-state index in [4.69, 9.17) is 0 Å². The van der Waals surface area contributed by atoms with Gasteiger partial charge in [-0.2, -0.15) is 14.0 Å². The van der Waals surface area contributed by atoms with E-state index in [1.165, 1.54) is 6.42 Å². The molecular formula is C20H25F4NO. The molecule has 2 rings (SSSR count). The zero-order valence-corrected chi connectivity index (χ0v) is 15.3. The summed E-state index contributed by atoms with van der Waals surface area (Å²) >= 11 is 0. The van der Waals surface area contributed by atoms with E-state index in [0.29, 0.717) is 18.8 Å². The van der Waals surface area contributed by atoms with Crippen LogP contribution in [0.25, 0.3) is 0 Å². The second kappa shape index (κ2) is 8.75. The van der Waals surface area contributed by atoms with E-state index in [1.54, 1.807) is 0 Å². The van der Waals surface area contributed by atoms with Crippen molar-refractivity contribution in [1.82, 2.24) is 0 Å². The lowest BCUT2D eigenvalue weighted by Crippen LogP contribution is -2.33. The first kappa shape index (κ1) is 20.5. The Balaban J connectivity index is 2.24. The fourth-order valence-electron chi connectivity index (χ4n) is 3.95. The minimum atomic E-state index is -1.59. The summed E-state index contributed by atoms with van der Waals surface area (Å²) in [7, 11) is 0.934. The molecule has 0 aromatic heterocycles. The first-order valence-electron chi connectivity index (χ1n) is 9.23. The van der Waals surface area contributed by atoms with Gasteiger partial charge in [-0.3, -0.25) is 0 Å². The highest BCUT2D eigenvalue weighted by molar-refractivity contribution is 5.42. The minimum Gasteiger partial charge on any atom is -0.491 e. The smallest absolute Gasteiger partial charge is 0.204 e. The molecule has 0 atom stereocenters. The van der Waals surface area contributed by atoms with Crippen LogP contribution in [0.4, 0.5) is 17.6 Å². The molecular weight excluding hydrogens is 346 g/mol. The largest absolute Gasteiger partial charge is 0.491 e. The summed E-state index contributed by atoms with van der Waals surface area (Å²) in [5, 5.41) is 9.62. The molecule has 0 saturated heterocycles. The average Bonchev–Trinajstić information content (AvgIpc) is 2.65. The predicted octanol–water partition coefficient (Wildman–Crippen LogP) is 6.17. The second-order valence-corrected chi connectivity index (χ2v) is 7.15. The molecule has 144 valence electrons. The molecule has 1 saturated carbocycles. The van der Waals surface area contributed by atoms with Gasteiger partial charge >= 0.3 is 0 Å². The summed E-state index contributed by atoms with van der Waals surface area (Å²) in [4.78, 5) is 0. The maximum absolute atomic E-state index is 14.5. The van der Waals surface area contributed by atoms with Gasteiger partial charge in [0.2, 0.25) is 11.6 Å². The fourth-order valence-corrected chi connectivity index (χ4v) is 3.95. The first-order valence-corrected chi connectivity index (χ1v) is 9.23. The van der Waals surface area contributed by atoms with Crippen LogP contribution in [-0.4, -0.2) is 7.11 Å². The van der Waals surface area contributed by atoms with Gasteiger partial charge in [-0.25, -0.2) is 8.78 Å². The van der Waals surface area contributed by atoms with Crippen molar-refractivity contribution in [2.75, 3.05) is 7.11 Å². The van der Waals surface area contributed by atoms with Crippen molar-refractivity contribution in [3.8, 4) is 11.8 Å². The Labute approximate surface area is 152 Å². The number of hydrogen-bond acceptors (Lipinski definition) is 2. The van der Waals surface area contributed by atoms with Crippen molar-refractivity contribution in [2.45, 2.75) is 70.1 Å². The van der Waals surface area contributed by atoms with Gasteiger partial charge in [0.25, 0.3) is 0 Å². The molecule has 0 radical (unpaired) electrons. The number of ether oxygens (including phenoxy) is 1. The summed E-state index contributed by atoms with van der Waals surface area (Å²) in [6, 6.07) is 1.95. The van der Waals surface area contributed by atoms with Crippen LogP contribution in [0.2, 0.25) is 0 Å². The number of nitrogens with zero attached hydrogens (tertiary/aromatic N) is 1. The quantitative estimate of drug-likeness (QED) is 0.326. The number of nitriles is 1. The van der Waals surface area contributed by atoms with Gasteiger partial charge < -0.3 is 4.74 Å². The second-order valence-electron chi connectivity index (χ2n) is 7.15. The van der Waals surface area contributed by atoms with E-state index in [9.17, 15) is 22.8 Å². The number of benzene rings is 1. The van der Waals surface area contributed by atoms with Crippen molar-refractivity contribution in [3.63, 3.8) is 0 Å². The maximum atomic E-state index is 14.5. The summed E-state index contributed by atoms with van der Waals surface area (Å²) < 4.78 is 61.5. The van der Waals surface area contributed by atoms with Crippen molar-refractivity contribution < 1.29 is 22.3 Å². The Morgan fingerprint density at radius 2 is 1.58 bits per heavy atom. The van der Waals surface area contributed by atoms with Crippen LogP contribution < -0.4 is 4.74 Å². The van der Waals surface area contributed by atoms with Gasteiger partial charge in [0.1, 0.15) is 0 Å². The molecule has 0 bridgehead atoms. The van der Waals surface area contributed by atoms with Crippen molar-refractivity contribution in [3.05, 3.63) is 28.8 Å². The van der Waals surface area contributed by atoms with E-state index < -0.39 is 40.0 Å². The normalized spacial score (nSPS) is 22.9. The molecule has 1 aliphatic carbocycles. The van der Waals surface area contributed by atoms with Crippen molar-refractivity contribution in [2.24, 2.45) is 5.92 Å². The number of methoxy groups -OCH3 is 1. The molecule has 0 N–H and O–H groups in total. The van der Waals surface area contributed by atoms with E-state index in [-0.39, 0.29) is 12.8 Å². The zero-order valence-electron chi connectivity index (χ0n) is 15.3. The van der Waals surface area contributed by atoms with Crippen molar-refractivity contribution in [1.29, 1.82) is 5.26 Å². The molecule has 0 aliphatic heterocycles. The molecule has 1 fully saturated rings. The lowest BCUT2D eigenvalue weighted by atomic mass is 9.66. The van der Waals surface area contributed by atoms with Crippen LogP contribution in [0, 0.1) is 40.5 Å². The molecule has 0 spiro atoms. The van der Waals surface area contributed by atoms with Crippen LogP contribution >= 0.6 is 0 Å². The lowest BCUT2D eigenvalue weighted by molar-refractivity contribution is 0.244. The van der Waals surface area contributed by atoms with E-state index in [0.717, 1.165) is 32.8 Å². The molecule has 1 aromatic rings.